The van der Waals surface area contributed by atoms with E-state index in [9.17, 15) is 31.1 Å². The minimum Gasteiger partial charge on any atom is -0.454 e. The molecule has 0 aliphatic carbocycles. The van der Waals surface area contributed by atoms with E-state index in [1.54, 1.807) is 0 Å². The van der Waals surface area contributed by atoms with Crippen molar-refractivity contribution in [1.82, 2.24) is 10.5 Å². The molecule has 6 nitrogen and oxygen atoms in total. The highest BCUT2D eigenvalue weighted by atomic mass is 19.4. The zero-order chi connectivity index (χ0) is 25.4. The van der Waals surface area contributed by atoms with E-state index >= 15 is 0 Å². The highest BCUT2D eigenvalue weighted by molar-refractivity contribution is 6.03. The first-order chi connectivity index (χ1) is 16.4. The van der Waals surface area contributed by atoms with E-state index in [0.29, 0.717) is 0 Å². The van der Waals surface area contributed by atoms with Crippen LogP contribution in [0.4, 0.5) is 32.2 Å². The number of nitrogens with two attached hydrogens (primary N) is 1. The van der Waals surface area contributed by atoms with Crippen molar-refractivity contribution in [1.29, 1.82) is 0 Å². The number of nitrogen functional groups attached to an aromatic ring is 1. The Hall–Kier alpha value is -4.22. The largest absolute Gasteiger partial charge is 0.454 e. The zero-order valence-electron chi connectivity index (χ0n) is 17.5. The number of alkyl halides is 6. The average Bonchev–Trinajstić information content (AvgIpc) is 3.43. The van der Waals surface area contributed by atoms with Crippen LogP contribution in [0, 0.1) is 0 Å². The fourth-order valence-electron chi connectivity index (χ4n) is 3.37. The third-order valence-corrected chi connectivity index (χ3v) is 5.02. The SMILES string of the molecule is Nc1onc(-c2ccc(-c3cccc(C(F)(F)F)c3)o2)c1C(=O)NCc1ccccc1C(F)(F)F. The van der Waals surface area contributed by atoms with Crippen LogP contribution in [-0.2, 0) is 18.9 Å². The Labute approximate surface area is 193 Å². The summed E-state index contributed by atoms with van der Waals surface area (Å²) in [6.45, 7) is -0.466. The van der Waals surface area contributed by atoms with Crippen LogP contribution in [0.25, 0.3) is 22.8 Å². The Morgan fingerprint density at radius 2 is 1.63 bits per heavy atom. The summed E-state index contributed by atoms with van der Waals surface area (Å²) >= 11 is 0. The molecule has 0 bridgehead atoms. The molecule has 2 heterocycles. The molecule has 1 amide bonds. The highest BCUT2D eigenvalue weighted by Gasteiger charge is 2.33. The maximum Gasteiger partial charge on any atom is 0.416 e. The lowest BCUT2D eigenvalue weighted by Gasteiger charge is -2.13. The molecule has 0 aliphatic heterocycles. The predicted octanol–water partition coefficient (Wildman–Crippen LogP) is 6.15. The second-order valence-corrected chi connectivity index (χ2v) is 7.35. The fourth-order valence-corrected chi connectivity index (χ4v) is 3.37. The molecular weight excluding hydrogens is 480 g/mol. The van der Waals surface area contributed by atoms with Crippen molar-refractivity contribution in [3.63, 3.8) is 0 Å². The van der Waals surface area contributed by atoms with Gasteiger partial charge in [-0.15, -0.1) is 0 Å². The predicted molar refractivity (Wildman–Crippen MR) is 112 cm³/mol. The standard InChI is InChI=1S/C23H15F6N3O3/c24-22(25,26)14-6-3-5-12(10-14)16-8-9-17(34-16)19-18(20(30)35-32-19)21(33)31-11-13-4-1-2-7-15(13)23(27,28)29/h1-10H,11,30H2,(H,31,33). The fraction of sp³-hybridized carbons (Fsp3) is 0.130. The van der Waals surface area contributed by atoms with Crippen molar-refractivity contribution < 1.29 is 40.1 Å². The molecule has 2 aromatic carbocycles. The molecule has 0 radical (unpaired) electrons. The van der Waals surface area contributed by atoms with Gasteiger partial charge >= 0.3 is 12.4 Å². The topological polar surface area (TPSA) is 94.3 Å². The maximum atomic E-state index is 13.2. The van der Waals surface area contributed by atoms with Crippen LogP contribution in [0.5, 0.6) is 0 Å². The van der Waals surface area contributed by atoms with Crippen LogP contribution in [0.1, 0.15) is 27.0 Å². The van der Waals surface area contributed by atoms with Crippen molar-refractivity contribution in [2.75, 3.05) is 5.73 Å². The Morgan fingerprint density at radius 3 is 2.34 bits per heavy atom. The lowest BCUT2D eigenvalue weighted by molar-refractivity contribution is -0.138. The quantitative estimate of drug-likeness (QED) is 0.324. The second-order valence-electron chi connectivity index (χ2n) is 7.35. The van der Waals surface area contributed by atoms with E-state index in [1.165, 1.54) is 42.5 Å². The van der Waals surface area contributed by atoms with Crippen molar-refractivity contribution in [2.24, 2.45) is 0 Å². The number of amides is 1. The van der Waals surface area contributed by atoms with Gasteiger partial charge in [0.15, 0.2) is 11.5 Å². The van der Waals surface area contributed by atoms with Crippen LogP contribution >= 0.6 is 0 Å². The molecule has 0 fully saturated rings. The molecule has 4 aromatic rings. The Kier molecular flexibility index (Phi) is 6.05. The molecule has 0 atom stereocenters. The summed E-state index contributed by atoms with van der Waals surface area (Å²) < 4.78 is 89.1. The molecule has 0 aliphatic rings. The van der Waals surface area contributed by atoms with Crippen molar-refractivity contribution in [2.45, 2.75) is 18.9 Å². The van der Waals surface area contributed by atoms with Crippen molar-refractivity contribution >= 4 is 11.8 Å². The lowest BCUT2D eigenvalue weighted by atomic mass is 10.1. The molecule has 35 heavy (non-hydrogen) atoms. The first-order valence-electron chi connectivity index (χ1n) is 9.91. The summed E-state index contributed by atoms with van der Waals surface area (Å²) in [6, 6.07) is 11.9. The van der Waals surface area contributed by atoms with Crippen LogP contribution < -0.4 is 11.1 Å². The average molecular weight is 495 g/mol. The zero-order valence-corrected chi connectivity index (χ0v) is 17.5. The molecule has 0 spiro atoms. The minimum atomic E-state index is -4.61. The molecule has 4 rings (SSSR count). The van der Waals surface area contributed by atoms with Crippen LogP contribution in [0.15, 0.2) is 69.6 Å². The van der Waals surface area contributed by atoms with E-state index in [4.69, 9.17) is 14.7 Å². The Morgan fingerprint density at radius 1 is 0.914 bits per heavy atom. The highest BCUT2D eigenvalue weighted by Crippen LogP contribution is 2.36. The summed E-state index contributed by atoms with van der Waals surface area (Å²) in [5.74, 6) is -1.29. The Bertz CT molecular complexity index is 1370. The molecule has 0 saturated heterocycles. The van der Waals surface area contributed by atoms with Gasteiger partial charge < -0.3 is 20.0 Å². The number of rotatable bonds is 5. The number of hydrogen-bond donors (Lipinski definition) is 2. The Balaban J connectivity index is 1.59. The van der Waals surface area contributed by atoms with Gasteiger partial charge in [0.2, 0.25) is 5.88 Å². The van der Waals surface area contributed by atoms with Crippen LogP contribution in [0.3, 0.4) is 0 Å². The second kappa shape index (κ2) is 8.85. The molecular formula is C23H15F6N3O3. The van der Waals surface area contributed by atoms with Gasteiger partial charge in [0.25, 0.3) is 5.91 Å². The maximum absolute atomic E-state index is 13.2. The summed E-state index contributed by atoms with van der Waals surface area (Å²) in [5, 5.41) is 6.01. The van der Waals surface area contributed by atoms with Crippen molar-refractivity contribution in [3.05, 3.63) is 82.9 Å². The summed E-state index contributed by atoms with van der Waals surface area (Å²) in [7, 11) is 0. The van der Waals surface area contributed by atoms with E-state index < -0.39 is 41.8 Å². The molecule has 0 unspecified atom stereocenters. The van der Waals surface area contributed by atoms with Gasteiger partial charge in [0.1, 0.15) is 11.3 Å². The summed E-state index contributed by atoms with van der Waals surface area (Å²) in [4.78, 5) is 12.7. The number of nitrogens with one attached hydrogen (secondary N) is 1. The molecule has 2 aromatic heterocycles. The number of nitrogens with zero attached hydrogens (tertiary/aromatic N) is 1. The van der Waals surface area contributed by atoms with E-state index in [-0.39, 0.29) is 33.9 Å². The smallest absolute Gasteiger partial charge is 0.416 e. The molecule has 0 saturated carbocycles. The van der Waals surface area contributed by atoms with Crippen LogP contribution in [0.2, 0.25) is 0 Å². The number of carbonyl (C=O) groups excluding carboxylic acids is 1. The van der Waals surface area contributed by atoms with Crippen LogP contribution in [-0.4, -0.2) is 11.1 Å². The summed E-state index contributed by atoms with van der Waals surface area (Å²) in [6.07, 6.45) is -9.17. The van der Waals surface area contributed by atoms with Gasteiger partial charge in [0.05, 0.1) is 11.1 Å². The molecule has 182 valence electrons. The normalized spacial score (nSPS) is 12.1. The minimum absolute atomic E-state index is 0.0429. The number of anilines is 1. The van der Waals surface area contributed by atoms with Gasteiger partial charge in [-0.2, -0.15) is 26.3 Å². The van der Waals surface area contributed by atoms with Gasteiger partial charge in [-0.05, 0) is 35.9 Å². The lowest BCUT2D eigenvalue weighted by Crippen LogP contribution is -2.25. The third kappa shape index (κ3) is 5.00. The first kappa shape index (κ1) is 23.9. The van der Waals surface area contributed by atoms with Gasteiger partial charge in [-0.3, -0.25) is 4.79 Å². The molecule has 12 heteroatoms. The number of carbonyl (C=O) groups is 1. The number of halogens is 6. The molecule has 3 N–H and O–H groups in total. The summed E-state index contributed by atoms with van der Waals surface area (Å²) in [5.41, 5.74) is 3.41. The van der Waals surface area contributed by atoms with Gasteiger partial charge in [-0.25, -0.2) is 0 Å². The van der Waals surface area contributed by atoms with E-state index in [1.807, 2.05) is 0 Å². The number of furan rings is 1. The number of hydrogen-bond acceptors (Lipinski definition) is 5. The number of aromatic nitrogens is 1. The first-order valence-corrected chi connectivity index (χ1v) is 9.91. The van der Waals surface area contributed by atoms with Gasteiger partial charge in [-0.1, -0.05) is 35.5 Å². The third-order valence-electron chi connectivity index (χ3n) is 5.02. The van der Waals surface area contributed by atoms with Crippen molar-refractivity contribution in [3.8, 4) is 22.8 Å². The van der Waals surface area contributed by atoms with E-state index in [0.717, 1.165) is 18.2 Å². The monoisotopic (exact) mass is 495 g/mol. The van der Waals surface area contributed by atoms with E-state index in [2.05, 4.69) is 10.5 Å². The number of benzene rings is 2. The van der Waals surface area contributed by atoms with Gasteiger partial charge in [0, 0.05) is 12.1 Å².